The molecule has 0 radical (unpaired) electrons. The van der Waals surface area contributed by atoms with Gasteiger partial charge in [-0.05, 0) is 27.2 Å². The van der Waals surface area contributed by atoms with Crippen LogP contribution in [-0.4, -0.2) is 49.3 Å². The van der Waals surface area contributed by atoms with Crippen molar-refractivity contribution in [2.24, 2.45) is 0 Å². The first kappa shape index (κ1) is 13.9. The molecule has 1 heterocycles. The largest absolute Gasteiger partial charge is 0.380 e. The van der Waals surface area contributed by atoms with E-state index in [1.54, 1.807) is 7.11 Å². The Kier molecular flexibility index (Phi) is 5.22. The van der Waals surface area contributed by atoms with Crippen LogP contribution in [0, 0.1) is 0 Å². The van der Waals surface area contributed by atoms with E-state index in [4.69, 9.17) is 4.74 Å². The maximum absolute atomic E-state index is 5.39. The minimum Gasteiger partial charge on any atom is -0.380 e. The fourth-order valence-electron chi connectivity index (χ4n) is 2.45. The monoisotopic (exact) mass is 228 g/mol. The lowest BCUT2D eigenvalue weighted by atomic mass is 9.96. The lowest BCUT2D eigenvalue weighted by Crippen LogP contribution is -2.62. The number of methoxy groups -OCH3 is 1. The highest BCUT2D eigenvalue weighted by Crippen LogP contribution is 2.18. The molecule has 0 spiro atoms. The zero-order chi connectivity index (χ0) is 12.2. The quantitative estimate of drug-likeness (QED) is 0.777. The third kappa shape index (κ3) is 4.04. The maximum atomic E-state index is 5.39. The van der Waals surface area contributed by atoms with Crippen molar-refractivity contribution in [3.05, 3.63) is 0 Å². The lowest BCUT2D eigenvalue weighted by molar-refractivity contribution is 0.0252. The van der Waals surface area contributed by atoms with Gasteiger partial charge in [0.05, 0.1) is 6.10 Å². The molecule has 0 saturated carbocycles. The van der Waals surface area contributed by atoms with E-state index in [0.29, 0.717) is 12.1 Å². The van der Waals surface area contributed by atoms with Gasteiger partial charge in [-0.25, -0.2) is 0 Å². The van der Waals surface area contributed by atoms with E-state index in [1.807, 2.05) is 0 Å². The second-order valence-corrected chi connectivity index (χ2v) is 5.68. The molecule has 2 atom stereocenters. The van der Waals surface area contributed by atoms with Crippen LogP contribution in [0.1, 0.15) is 40.5 Å². The summed E-state index contributed by atoms with van der Waals surface area (Å²) in [5.74, 6) is 0. The van der Waals surface area contributed by atoms with Crippen molar-refractivity contribution in [2.45, 2.75) is 58.2 Å². The Morgan fingerprint density at radius 2 is 2.19 bits per heavy atom. The standard InChI is InChI=1S/C13H28N2O/c1-6-7-12-8-14-13(3,4)10-15(12)9-11(2)16-5/h11-12,14H,6-10H2,1-5H3. The summed E-state index contributed by atoms with van der Waals surface area (Å²) in [5, 5.41) is 3.63. The van der Waals surface area contributed by atoms with E-state index < -0.39 is 0 Å². The Labute approximate surface area is 101 Å². The number of ether oxygens (including phenoxy) is 1. The van der Waals surface area contributed by atoms with Gasteiger partial charge in [-0.2, -0.15) is 0 Å². The van der Waals surface area contributed by atoms with Crippen LogP contribution in [-0.2, 0) is 4.74 Å². The predicted molar refractivity (Wildman–Crippen MR) is 68.8 cm³/mol. The molecule has 0 aromatic heterocycles. The first-order valence-electron chi connectivity index (χ1n) is 6.50. The number of nitrogens with one attached hydrogen (secondary N) is 1. The molecule has 0 aromatic rings. The molecule has 3 nitrogen and oxygen atoms in total. The SMILES string of the molecule is CCCC1CNC(C)(C)CN1CC(C)OC. The van der Waals surface area contributed by atoms with Crippen molar-refractivity contribution >= 4 is 0 Å². The van der Waals surface area contributed by atoms with E-state index in [2.05, 4.69) is 37.9 Å². The Balaban J connectivity index is 2.57. The normalized spacial score (nSPS) is 27.9. The Morgan fingerprint density at radius 1 is 1.50 bits per heavy atom. The Morgan fingerprint density at radius 3 is 2.75 bits per heavy atom. The molecule has 0 aliphatic carbocycles. The predicted octanol–water partition coefficient (Wildman–Crippen LogP) is 1.87. The van der Waals surface area contributed by atoms with Crippen molar-refractivity contribution in [3.63, 3.8) is 0 Å². The molecule has 96 valence electrons. The van der Waals surface area contributed by atoms with Gasteiger partial charge in [0.15, 0.2) is 0 Å². The van der Waals surface area contributed by atoms with E-state index in [9.17, 15) is 0 Å². The molecule has 3 heteroatoms. The van der Waals surface area contributed by atoms with Gasteiger partial charge in [-0.15, -0.1) is 0 Å². The minimum absolute atomic E-state index is 0.234. The topological polar surface area (TPSA) is 24.5 Å². The second kappa shape index (κ2) is 5.99. The van der Waals surface area contributed by atoms with E-state index in [-0.39, 0.29) is 5.54 Å². The summed E-state index contributed by atoms with van der Waals surface area (Å²) in [4.78, 5) is 2.59. The van der Waals surface area contributed by atoms with Crippen LogP contribution in [0.3, 0.4) is 0 Å². The second-order valence-electron chi connectivity index (χ2n) is 5.68. The zero-order valence-corrected chi connectivity index (χ0v) is 11.5. The van der Waals surface area contributed by atoms with Gasteiger partial charge < -0.3 is 10.1 Å². The summed E-state index contributed by atoms with van der Waals surface area (Å²) < 4.78 is 5.39. The molecule has 2 unspecified atom stereocenters. The van der Waals surface area contributed by atoms with Gasteiger partial charge in [0.25, 0.3) is 0 Å². The molecule has 1 N–H and O–H groups in total. The van der Waals surface area contributed by atoms with Gasteiger partial charge in [0.2, 0.25) is 0 Å². The van der Waals surface area contributed by atoms with E-state index in [1.165, 1.54) is 12.8 Å². The fourth-order valence-corrected chi connectivity index (χ4v) is 2.45. The molecular formula is C13H28N2O. The fraction of sp³-hybridized carbons (Fsp3) is 1.00. The van der Waals surface area contributed by atoms with Crippen LogP contribution in [0.25, 0.3) is 0 Å². The summed E-state index contributed by atoms with van der Waals surface area (Å²) in [5.41, 5.74) is 0.234. The van der Waals surface area contributed by atoms with Crippen molar-refractivity contribution < 1.29 is 4.74 Å². The van der Waals surface area contributed by atoms with Crippen LogP contribution in [0.4, 0.5) is 0 Å². The number of hydrogen-bond acceptors (Lipinski definition) is 3. The van der Waals surface area contributed by atoms with Crippen LogP contribution in [0.15, 0.2) is 0 Å². The molecule has 0 amide bonds. The third-order valence-electron chi connectivity index (χ3n) is 3.45. The van der Waals surface area contributed by atoms with Crippen LogP contribution in [0.2, 0.25) is 0 Å². The summed E-state index contributed by atoms with van der Waals surface area (Å²) in [6, 6.07) is 0.677. The first-order valence-corrected chi connectivity index (χ1v) is 6.50. The summed E-state index contributed by atoms with van der Waals surface area (Å²) in [7, 11) is 1.80. The molecule has 0 aromatic carbocycles. The average molecular weight is 228 g/mol. The van der Waals surface area contributed by atoms with Crippen molar-refractivity contribution in [1.82, 2.24) is 10.2 Å². The van der Waals surface area contributed by atoms with Crippen molar-refractivity contribution in [2.75, 3.05) is 26.7 Å². The molecule has 0 bridgehead atoms. The van der Waals surface area contributed by atoms with E-state index >= 15 is 0 Å². The highest BCUT2D eigenvalue weighted by atomic mass is 16.5. The lowest BCUT2D eigenvalue weighted by Gasteiger charge is -2.45. The summed E-state index contributed by atoms with van der Waals surface area (Å²) >= 11 is 0. The van der Waals surface area contributed by atoms with Gasteiger partial charge in [-0.1, -0.05) is 13.3 Å². The van der Waals surface area contributed by atoms with Gasteiger partial charge in [0, 0.05) is 38.3 Å². The van der Waals surface area contributed by atoms with E-state index in [0.717, 1.165) is 19.6 Å². The molecule has 1 rings (SSSR count). The highest BCUT2D eigenvalue weighted by Gasteiger charge is 2.32. The Bertz CT molecular complexity index is 206. The van der Waals surface area contributed by atoms with Gasteiger partial charge in [0.1, 0.15) is 0 Å². The average Bonchev–Trinajstić information content (AvgIpc) is 2.21. The highest BCUT2D eigenvalue weighted by molar-refractivity contribution is 4.92. The number of nitrogens with zero attached hydrogens (tertiary/aromatic N) is 1. The van der Waals surface area contributed by atoms with Crippen LogP contribution in [0.5, 0.6) is 0 Å². The van der Waals surface area contributed by atoms with Crippen LogP contribution < -0.4 is 5.32 Å². The molecule has 16 heavy (non-hydrogen) atoms. The molecule has 1 fully saturated rings. The van der Waals surface area contributed by atoms with Crippen molar-refractivity contribution in [3.8, 4) is 0 Å². The third-order valence-corrected chi connectivity index (χ3v) is 3.45. The van der Waals surface area contributed by atoms with Gasteiger partial charge >= 0.3 is 0 Å². The first-order chi connectivity index (χ1) is 7.48. The number of hydrogen-bond donors (Lipinski definition) is 1. The Hall–Kier alpha value is -0.120. The molecule has 1 aliphatic rings. The summed E-state index contributed by atoms with van der Waals surface area (Å²) in [6.45, 7) is 12.2. The molecule has 1 saturated heterocycles. The molecule has 1 aliphatic heterocycles. The maximum Gasteiger partial charge on any atom is 0.0670 e. The number of piperazine rings is 1. The van der Waals surface area contributed by atoms with Gasteiger partial charge in [-0.3, -0.25) is 4.90 Å². The number of rotatable bonds is 5. The smallest absolute Gasteiger partial charge is 0.0670 e. The zero-order valence-electron chi connectivity index (χ0n) is 11.5. The minimum atomic E-state index is 0.234. The summed E-state index contributed by atoms with van der Waals surface area (Å²) in [6.07, 6.45) is 2.86. The van der Waals surface area contributed by atoms with Crippen LogP contribution >= 0.6 is 0 Å². The van der Waals surface area contributed by atoms with Crippen molar-refractivity contribution in [1.29, 1.82) is 0 Å². The molecular weight excluding hydrogens is 200 g/mol.